The highest BCUT2D eigenvalue weighted by Gasteiger charge is 2.29. The summed E-state index contributed by atoms with van der Waals surface area (Å²) in [5, 5.41) is 15.0. The molecule has 1 aromatic heterocycles. The minimum Gasteiger partial charge on any atom is -0.388 e. The molecule has 17 heavy (non-hydrogen) atoms. The summed E-state index contributed by atoms with van der Waals surface area (Å²) < 4.78 is 0.815. The van der Waals surface area contributed by atoms with Crippen LogP contribution in [0.5, 0.6) is 0 Å². The van der Waals surface area contributed by atoms with Crippen LogP contribution >= 0.6 is 27.3 Å². The molecule has 0 saturated heterocycles. The highest BCUT2D eigenvalue weighted by Crippen LogP contribution is 2.28. The Labute approximate surface area is 113 Å². The van der Waals surface area contributed by atoms with Crippen LogP contribution < -0.4 is 5.32 Å². The molecule has 1 aromatic rings. The lowest BCUT2D eigenvalue weighted by atomic mass is 9.85. The van der Waals surface area contributed by atoms with Crippen LogP contribution in [0.1, 0.15) is 41.8 Å². The van der Waals surface area contributed by atoms with Gasteiger partial charge in [-0.1, -0.05) is 19.3 Å². The van der Waals surface area contributed by atoms with E-state index in [0.717, 1.165) is 30.2 Å². The Balaban J connectivity index is 1.90. The van der Waals surface area contributed by atoms with Crippen molar-refractivity contribution in [3.63, 3.8) is 0 Å². The Morgan fingerprint density at radius 3 is 2.76 bits per heavy atom. The Morgan fingerprint density at radius 2 is 2.18 bits per heavy atom. The van der Waals surface area contributed by atoms with E-state index in [1.54, 1.807) is 0 Å². The summed E-state index contributed by atoms with van der Waals surface area (Å²) in [6.07, 6.45) is 4.87. The number of hydrogen-bond acceptors (Lipinski definition) is 3. The molecule has 3 nitrogen and oxygen atoms in total. The summed E-state index contributed by atoms with van der Waals surface area (Å²) in [5.41, 5.74) is -0.697. The van der Waals surface area contributed by atoms with Crippen molar-refractivity contribution in [1.82, 2.24) is 5.32 Å². The Kier molecular flexibility index (Phi) is 4.22. The maximum absolute atomic E-state index is 11.9. The first kappa shape index (κ1) is 13.1. The third-order valence-electron chi connectivity index (χ3n) is 3.19. The Bertz CT molecular complexity index is 399. The molecule has 0 bridgehead atoms. The molecule has 1 amide bonds. The molecule has 0 atom stereocenters. The third kappa shape index (κ3) is 3.30. The van der Waals surface area contributed by atoms with Crippen LogP contribution in [0.2, 0.25) is 0 Å². The fourth-order valence-electron chi connectivity index (χ4n) is 2.17. The number of amides is 1. The van der Waals surface area contributed by atoms with Gasteiger partial charge in [-0.25, -0.2) is 0 Å². The van der Waals surface area contributed by atoms with Crippen LogP contribution in [-0.4, -0.2) is 23.2 Å². The van der Waals surface area contributed by atoms with E-state index in [1.165, 1.54) is 17.8 Å². The molecule has 1 aliphatic rings. The van der Waals surface area contributed by atoms with Crippen LogP contribution in [-0.2, 0) is 0 Å². The minimum absolute atomic E-state index is 0.106. The van der Waals surface area contributed by atoms with E-state index in [2.05, 4.69) is 21.2 Å². The molecule has 0 radical (unpaired) electrons. The highest BCUT2D eigenvalue weighted by atomic mass is 79.9. The number of halogens is 1. The fraction of sp³-hybridized carbons (Fsp3) is 0.583. The molecule has 0 unspecified atom stereocenters. The summed E-state index contributed by atoms with van der Waals surface area (Å²) in [6, 6.07) is 1.86. The number of aliphatic hydroxyl groups is 1. The number of carbonyl (C=O) groups excluding carboxylic acids is 1. The van der Waals surface area contributed by atoms with Crippen molar-refractivity contribution in [3.8, 4) is 0 Å². The average molecular weight is 318 g/mol. The predicted molar refractivity (Wildman–Crippen MR) is 72.4 cm³/mol. The van der Waals surface area contributed by atoms with E-state index < -0.39 is 5.60 Å². The van der Waals surface area contributed by atoms with E-state index in [-0.39, 0.29) is 5.91 Å². The van der Waals surface area contributed by atoms with Gasteiger partial charge in [-0.2, -0.15) is 0 Å². The van der Waals surface area contributed by atoms with Gasteiger partial charge >= 0.3 is 0 Å². The SMILES string of the molecule is O=C(NCC1(O)CCCCC1)c1sccc1Br. The molecule has 2 rings (SSSR count). The fourth-order valence-corrected chi connectivity index (χ4v) is 3.64. The zero-order chi connectivity index (χ0) is 12.3. The average Bonchev–Trinajstić information content (AvgIpc) is 2.74. The van der Waals surface area contributed by atoms with Crippen molar-refractivity contribution in [3.05, 3.63) is 20.8 Å². The lowest BCUT2D eigenvalue weighted by molar-refractivity contribution is 0.00529. The molecule has 0 aliphatic heterocycles. The van der Waals surface area contributed by atoms with Gasteiger partial charge in [0.05, 0.1) is 5.60 Å². The summed E-state index contributed by atoms with van der Waals surface area (Å²) in [5.74, 6) is -0.106. The van der Waals surface area contributed by atoms with Crippen molar-refractivity contribution in [2.75, 3.05) is 6.54 Å². The van der Waals surface area contributed by atoms with Gasteiger partial charge in [0.2, 0.25) is 0 Å². The second-order valence-corrected chi connectivity index (χ2v) is 6.34. The van der Waals surface area contributed by atoms with Crippen molar-refractivity contribution >= 4 is 33.2 Å². The topological polar surface area (TPSA) is 49.3 Å². The first-order valence-electron chi connectivity index (χ1n) is 5.84. The number of nitrogens with one attached hydrogen (secondary N) is 1. The minimum atomic E-state index is -0.697. The monoisotopic (exact) mass is 317 g/mol. The quantitative estimate of drug-likeness (QED) is 0.900. The van der Waals surface area contributed by atoms with E-state index in [9.17, 15) is 9.90 Å². The van der Waals surface area contributed by atoms with Gasteiger partial charge in [-0.15, -0.1) is 11.3 Å². The molecule has 2 N–H and O–H groups in total. The smallest absolute Gasteiger partial charge is 0.262 e. The molecule has 0 spiro atoms. The van der Waals surface area contributed by atoms with Gasteiger partial charge in [-0.05, 0) is 40.2 Å². The van der Waals surface area contributed by atoms with Gasteiger partial charge in [0.1, 0.15) is 4.88 Å². The second-order valence-electron chi connectivity index (χ2n) is 4.57. The van der Waals surface area contributed by atoms with E-state index in [1.807, 2.05) is 11.4 Å². The van der Waals surface area contributed by atoms with Crippen molar-refractivity contribution in [2.45, 2.75) is 37.7 Å². The van der Waals surface area contributed by atoms with Crippen LogP contribution in [0.3, 0.4) is 0 Å². The first-order chi connectivity index (χ1) is 8.11. The molecule has 94 valence electrons. The van der Waals surface area contributed by atoms with Gasteiger partial charge in [-0.3, -0.25) is 4.79 Å². The normalized spacial score (nSPS) is 18.9. The number of carbonyl (C=O) groups is 1. The molecule has 1 saturated carbocycles. The van der Waals surface area contributed by atoms with Gasteiger partial charge in [0, 0.05) is 11.0 Å². The third-order valence-corrected chi connectivity index (χ3v) is 5.02. The highest BCUT2D eigenvalue weighted by molar-refractivity contribution is 9.10. The molecular formula is C12H16BrNO2S. The largest absolute Gasteiger partial charge is 0.388 e. The molecule has 5 heteroatoms. The van der Waals surface area contributed by atoms with Crippen LogP contribution in [0.15, 0.2) is 15.9 Å². The zero-order valence-corrected chi connectivity index (χ0v) is 11.9. The Hall–Kier alpha value is -0.390. The molecular weight excluding hydrogens is 302 g/mol. The predicted octanol–water partition coefficient (Wildman–Crippen LogP) is 2.94. The van der Waals surface area contributed by atoms with E-state index >= 15 is 0 Å². The summed E-state index contributed by atoms with van der Waals surface area (Å²) in [7, 11) is 0. The zero-order valence-electron chi connectivity index (χ0n) is 9.54. The van der Waals surface area contributed by atoms with E-state index in [0.29, 0.717) is 11.4 Å². The maximum atomic E-state index is 11.9. The summed E-state index contributed by atoms with van der Waals surface area (Å²) >= 11 is 4.74. The van der Waals surface area contributed by atoms with Crippen molar-refractivity contribution < 1.29 is 9.90 Å². The number of thiophene rings is 1. The van der Waals surface area contributed by atoms with Gasteiger partial charge in [0.25, 0.3) is 5.91 Å². The second kappa shape index (κ2) is 5.50. The standard InChI is InChI=1S/C12H16BrNO2S/c13-9-4-7-17-10(9)11(15)14-8-12(16)5-2-1-3-6-12/h4,7,16H,1-3,5-6,8H2,(H,14,15). The molecule has 1 heterocycles. The molecule has 1 aliphatic carbocycles. The maximum Gasteiger partial charge on any atom is 0.262 e. The molecule has 1 fully saturated rings. The number of rotatable bonds is 3. The van der Waals surface area contributed by atoms with Crippen LogP contribution in [0.25, 0.3) is 0 Å². The van der Waals surface area contributed by atoms with Crippen molar-refractivity contribution in [2.24, 2.45) is 0 Å². The van der Waals surface area contributed by atoms with Crippen molar-refractivity contribution in [1.29, 1.82) is 0 Å². The summed E-state index contributed by atoms with van der Waals surface area (Å²) in [4.78, 5) is 12.5. The van der Waals surface area contributed by atoms with Gasteiger partial charge in [0.15, 0.2) is 0 Å². The Morgan fingerprint density at radius 1 is 1.47 bits per heavy atom. The molecule has 0 aromatic carbocycles. The summed E-state index contributed by atoms with van der Waals surface area (Å²) in [6.45, 7) is 0.357. The van der Waals surface area contributed by atoms with Crippen LogP contribution in [0.4, 0.5) is 0 Å². The van der Waals surface area contributed by atoms with E-state index in [4.69, 9.17) is 0 Å². The lowest BCUT2D eigenvalue weighted by Gasteiger charge is -2.32. The van der Waals surface area contributed by atoms with Crippen LogP contribution in [0, 0.1) is 0 Å². The van der Waals surface area contributed by atoms with Gasteiger partial charge < -0.3 is 10.4 Å². The number of hydrogen-bond donors (Lipinski definition) is 2. The lowest BCUT2D eigenvalue weighted by Crippen LogP contribution is -2.44. The first-order valence-corrected chi connectivity index (χ1v) is 7.52.